The predicted octanol–water partition coefficient (Wildman–Crippen LogP) is -0.372. The van der Waals surface area contributed by atoms with E-state index in [1.807, 2.05) is 0 Å². The number of benzene rings is 8. The molecule has 0 spiro atoms. The van der Waals surface area contributed by atoms with E-state index in [2.05, 4.69) is 10.5 Å². The van der Waals surface area contributed by atoms with Gasteiger partial charge >= 0.3 is 70.9 Å². The molecule has 0 aromatic heterocycles. The van der Waals surface area contributed by atoms with Gasteiger partial charge in [0.2, 0.25) is 10.5 Å². The Morgan fingerprint density at radius 2 is 0.518 bits per heavy atom. The fraction of sp³-hybridized carbons (Fsp3) is 0. The largest absolute Gasteiger partial charge is 0.515 e. The maximum atomic E-state index is 12.9. The molecule has 12 rings (SSSR count). The molecular weight excluding hydrogens is 1340 g/mol. The first kappa shape index (κ1) is 60.2. The van der Waals surface area contributed by atoms with Crippen LogP contribution in [0.5, 0.6) is 0 Å². The van der Waals surface area contributed by atoms with Gasteiger partial charge in [-0.05, 0) is 53.7 Å². The average Bonchev–Trinajstić information content (AvgIpc) is 0.760. The van der Waals surface area contributed by atoms with E-state index in [1.165, 1.54) is 48.5 Å². The van der Waals surface area contributed by atoms with Gasteiger partial charge in [0, 0.05) is 36.3 Å². The third-order valence-corrected chi connectivity index (χ3v) is 49.0. The number of hydrogen-bond donors (Lipinski definition) is 4. The van der Waals surface area contributed by atoms with Crippen LogP contribution in [0.3, 0.4) is 0 Å². The molecule has 4 aliphatic heterocycles. The lowest BCUT2D eigenvalue weighted by Gasteiger charge is -2.59. The third kappa shape index (κ3) is 11.2. The van der Waals surface area contributed by atoms with Gasteiger partial charge in [0.15, 0.2) is 0 Å². The molecule has 4 heterocycles. The van der Waals surface area contributed by atoms with E-state index in [1.54, 1.807) is 121 Å². The molecule has 436 valence electrons. The smallest absolute Gasteiger partial charge is 0.413 e. The topological polar surface area (TPSA) is 328 Å². The molecular formula is C48H40O24S4Si9. The molecule has 4 N–H and O–H groups in total. The third-order valence-electron chi connectivity index (χ3n) is 13.4. The van der Waals surface area contributed by atoms with Crippen molar-refractivity contribution in [1.29, 1.82) is 0 Å². The standard InChI is InChI=1S/C48H40O24S4Si9/c49-73(50,51)37-21-29-41(30-22-37)78-62-80(42-13-5-1-6-14-42)66-82(43-15-7-2-8-16-43)64-79(61-77,46-31-23-38(24-32-46)74(52,53)54)65-85(48-35-27-40(28-36-48)76(58,59)60)69-81(63-78,47-33-25-39(26-34-47)75(55,56)57)68-83(67-80,44-17-9-3-10-18-44)71-84(70-82,72-85)45-19-11-4-12-20-45/h1-36H,(H,49,50,51)(H,52,53,54)(H,55,56,57)(H,58,59,60). The highest BCUT2D eigenvalue weighted by Gasteiger charge is 2.82. The van der Waals surface area contributed by atoms with Crippen LogP contribution in [0.1, 0.15) is 0 Å². The summed E-state index contributed by atoms with van der Waals surface area (Å²) in [6, 6.07) is 50.9. The summed E-state index contributed by atoms with van der Waals surface area (Å²) in [5.74, 6) is 0. The Balaban J connectivity index is 1.30. The molecule has 7 atom stereocenters. The highest BCUT2D eigenvalue weighted by Crippen LogP contribution is 2.45. The molecule has 7 unspecified atom stereocenters. The Labute approximate surface area is 498 Å². The monoisotopic (exact) mass is 1380 g/mol. The van der Waals surface area contributed by atoms with Crippen molar-refractivity contribution in [2.45, 2.75) is 19.6 Å². The average molecular weight is 1380 g/mol. The first-order valence-corrected chi connectivity index (χ1v) is 44.3. The van der Waals surface area contributed by atoms with Crippen LogP contribution >= 0.6 is 0 Å². The predicted molar refractivity (Wildman–Crippen MR) is 313 cm³/mol. The van der Waals surface area contributed by atoms with Crippen LogP contribution in [0.4, 0.5) is 0 Å². The maximum Gasteiger partial charge on any atom is 0.515 e. The Morgan fingerprint density at radius 3 is 0.800 bits per heavy atom. The molecule has 8 aromatic carbocycles. The number of rotatable bonds is 13. The van der Waals surface area contributed by atoms with Crippen molar-refractivity contribution in [2.24, 2.45) is 0 Å². The molecule has 4 saturated heterocycles. The Hall–Kier alpha value is -5.13. The van der Waals surface area contributed by atoms with Gasteiger partial charge < -0.3 is 49.4 Å². The Kier molecular flexibility index (Phi) is 15.5. The summed E-state index contributed by atoms with van der Waals surface area (Å²) in [6.45, 7) is 0. The van der Waals surface area contributed by atoms with Crippen LogP contribution in [0.2, 0.25) is 0 Å². The lowest BCUT2D eigenvalue weighted by molar-refractivity contribution is 0.0297. The van der Waals surface area contributed by atoms with E-state index in [9.17, 15) is 51.9 Å². The lowest BCUT2D eigenvalue weighted by atomic mass is 10.4. The van der Waals surface area contributed by atoms with Crippen molar-refractivity contribution in [2.75, 3.05) is 0 Å². The second-order valence-electron chi connectivity index (χ2n) is 18.9. The zero-order valence-electron chi connectivity index (χ0n) is 42.9. The lowest BCUT2D eigenvalue weighted by Crippen LogP contribution is -2.92. The number of fused-ring (bicyclic) bond motifs is 4. The summed E-state index contributed by atoms with van der Waals surface area (Å²) < 4.78 is 236. The van der Waals surface area contributed by atoms with Gasteiger partial charge in [0.1, 0.15) is 0 Å². The minimum Gasteiger partial charge on any atom is -0.413 e. The summed E-state index contributed by atoms with van der Waals surface area (Å²) in [4.78, 5) is -2.36. The minimum atomic E-state index is -5.77. The zero-order chi connectivity index (χ0) is 59.9. The molecule has 6 bridgehead atoms. The van der Waals surface area contributed by atoms with Crippen LogP contribution in [0.15, 0.2) is 238 Å². The van der Waals surface area contributed by atoms with E-state index in [0.29, 0.717) is 0 Å². The van der Waals surface area contributed by atoms with Crippen LogP contribution in [0.25, 0.3) is 0 Å². The van der Waals surface area contributed by atoms with E-state index >= 15 is 0 Å². The van der Waals surface area contributed by atoms with Gasteiger partial charge in [-0.3, -0.25) is 18.2 Å². The zero-order valence-corrected chi connectivity index (χ0v) is 55.1. The molecule has 8 aromatic rings. The van der Waals surface area contributed by atoms with Crippen molar-refractivity contribution in [3.05, 3.63) is 218 Å². The molecule has 24 nitrogen and oxygen atoms in total. The van der Waals surface area contributed by atoms with Crippen molar-refractivity contribution in [3.8, 4) is 0 Å². The Morgan fingerprint density at radius 1 is 0.294 bits per heavy atom. The van der Waals surface area contributed by atoms with Crippen LogP contribution in [-0.4, -0.2) is 133 Å². The molecule has 0 saturated carbocycles. The SMILES string of the molecule is O=S(=O)(O)c1ccc([Si]2O[Si]3(c4ccccc4)O[Si]4(c5ccccc5)O[Si](O[Si])(c5ccc(S(=O)(=O)O)cc5)O[Si]5(c6ccc(S(=O)(=O)O)cc6)O[Si](c6ccc(S(=O)(=O)O)cc6)(O2)O[Si](c2ccccc2)(O3)O[Si](c2ccccc2)(O4)O5)cc1. The van der Waals surface area contributed by atoms with Gasteiger partial charge in [-0.15, -0.1) is 0 Å². The highest BCUT2D eigenvalue weighted by molar-refractivity contribution is 7.86. The molecule has 37 heteroatoms. The van der Waals surface area contributed by atoms with E-state index in [0.717, 1.165) is 48.5 Å². The first-order valence-electron chi connectivity index (χ1n) is 24.7. The maximum absolute atomic E-state index is 12.9. The van der Waals surface area contributed by atoms with E-state index < -0.39 is 131 Å². The minimum absolute atomic E-state index is 0.0663. The molecule has 0 amide bonds. The fourth-order valence-electron chi connectivity index (χ4n) is 9.47. The normalized spacial score (nSPS) is 28.2. The molecule has 4 fully saturated rings. The van der Waals surface area contributed by atoms with Crippen molar-refractivity contribution < 1.29 is 101 Å². The molecule has 4 radical (unpaired) electrons. The summed E-state index contributed by atoms with van der Waals surface area (Å²) in [6.07, 6.45) is 0. The molecule has 0 aliphatic carbocycles. The van der Waals surface area contributed by atoms with E-state index in [4.69, 9.17) is 49.4 Å². The van der Waals surface area contributed by atoms with Crippen LogP contribution in [0, 0.1) is 0 Å². The summed E-state index contributed by atoms with van der Waals surface area (Å²) in [5, 5.41) is 0.241. The van der Waals surface area contributed by atoms with Gasteiger partial charge in [0.25, 0.3) is 40.5 Å². The van der Waals surface area contributed by atoms with Gasteiger partial charge in [-0.1, -0.05) is 170 Å². The summed E-state index contributed by atoms with van der Waals surface area (Å²) in [5.41, 5.74) is 0. The fourth-order valence-corrected chi connectivity index (χ4v) is 53.4. The van der Waals surface area contributed by atoms with Crippen molar-refractivity contribution >= 4 is 163 Å². The number of hydrogen-bond acceptors (Lipinski definition) is 20. The van der Waals surface area contributed by atoms with Crippen LogP contribution < -0.4 is 41.5 Å². The van der Waals surface area contributed by atoms with Crippen molar-refractivity contribution in [3.63, 3.8) is 0 Å². The molecule has 85 heavy (non-hydrogen) atoms. The summed E-state index contributed by atoms with van der Waals surface area (Å²) in [7, 11) is -58.3. The van der Waals surface area contributed by atoms with Crippen molar-refractivity contribution in [1.82, 2.24) is 0 Å². The Bertz CT molecular complexity index is 4310. The van der Waals surface area contributed by atoms with Gasteiger partial charge in [-0.25, -0.2) is 0 Å². The van der Waals surface area contributed by atoms with Gasteiger partial charge in [0.05, 0.1) is 19.6 Å². The molecule has 4 aliphatic rings. The van der Waals surface area contributed by atoms with E-state index in [-0.39, 0.29) is 41.5 Å². The second-order valence-corrected chi connectivity index (χ2v) is 47.3. The highest BCUT2D eigenvalue weighted by atomic mass is 32.2. The first-order chi connectivity index (χ1) is 40.3. The van der Waals surface area contributed by atoms with Crippen LogP contribution in [-0.2, 0) is 89.9 Å². The quantitative estimate of drug-likeness (QED) is 0.0845. The van der Waals surface area contributed by atoms with Gasteiger partial charge in [-0.2, -0.15) is 33.7 Å². The second kappa shape index (κ2) is 21.9. The summed E-state index contributed by atoms with van der Waals surface area (Å²) >= 11 is 0.